The van der Waals surface area contributed by atoms with Crippen molar-refractivity contribution in [2.24, 2.45) is 0 Å². The molecule has 2 rings (SSSR count). The molecule has 0 radical (unpaired) electrons. The van der Waals surface area contributed by atoms with E-state index in [1.807, 2.05) is 45.9 Å². The van der Waals surface area contributed by atoms with Gasteiger partial charge in [-0.05, 0) is 29.4 Å². The van der Waals surface area contributed by atoms with Gasteiger partial charge in [-0.1, -0.05) is 45.9 Å². The van der Waals surface area contributed by atoms with Crippen LogP contribution in [0.5, 0.6) is 0 Å². The second-order valence-electron chi connectivity index (χ2n) is 7.15. The summed E-state index contributed by atoms with van der Waals surface area (Å²) in [4.78, 5) is 24.5. The second kappa shape index (κ2) is 7.56. The van der Waals surface area contributed by atoms with Crippen molar-refractivity contribution in [2.45, 2.75) is 52.0 Å². The Morgan fingerprint density at radius 2 is 1.60 bits per heavy atom. The van der Waals surface area contributed by atoms with Crippen LogP contribution >= 0.6 is 0 Å². The van der Waals surface area contributed by atoms with Crippen molar-refractivity contribution in [3.05, 3.63) is 29.3 Å². The Labute approximate surface area is 149 Å². The van der Waals surface area contributed by atoms with E-state index in [9.17, 15) is 18.0 Å². The van der Waals surface area contributed by atoms with Gasteiger partial charge in [0.25, 0.3) is 0 Å². The van der Waals surface area contributed by atoms with Gasteiger partial charge in [-0.2, -0.15) is 0 Å². The average Bonchev–Trinajstić information content (AvgIpc) is 2.85. The minimum absolute atomic E-state index is 0.0489. The van der Waals surface area contributed by atoms with E-state index in [0.29, 0.717) is 12.1 Å². The largest absolute Gasteiger partial charge is 0.344 e. The van der Waals surface area contributed by atoms with Crippen LogP contribution in [-0.4, -0.2) is 37.8 Å². The monoisotopic (exact) mass is 366 g/mol. The Morgan fingerprint density at radius 3 is 2.04 bits per heavy atom. The van der Waals surface area contributed by atoms with E-state index < -0.39 is 27.7 Å². The number of nitrogens with one attached hydrogen (secondary N) is 2. The third-order valence-corrected chi connectivity index (χ3v) is 6.15. The standard InChI is InChI=1S/C18H26N2O4S/c1-11(2)14-6-5-7-15(12(3)4)16(14)20-18(22)17(21)19-13-8-9-25(23,24)10-13/h5-7,11-13H,8-10H2,1-4H3,(H,19,21)(H,20,22). The zero-order valence-corrected chi connectivity index (χ0v) is 15.9. The lowest BCUT2D eigenvalue weighted by atomic mass is 9.92. The van der Waals surface area contributed by atoms with Crippen LogP contribution in [0.1, 0.15) is 57.1 Å². The van der Waals surface area contributed by atoms with Gasteiger partial charge < -0.3 is 10.6 Å². The summed E-state index contributed by atoms with van der Waals surface area (Å²) in [7, 11) is -3.11. The van der Waals surface area contributed by atoms with Crippen LogP contribution in [0.25, 0.3) is 0 Å². The number of hydrogen-bond donors (Lipinski definition) is 2. The summed E-state index contributed by atoms with van der Waals surface area (Å²) >= 11 is 0. The number of amides is 2. The molecule has 1 aromatic rings. The predicted octanol–water partition coefficient (Wildman–Crippen LogP) is 2.18. The quantitative estimate of drug-likeness (QED) is 0.799. The van der Waals surface area contributed by atoms with E-state index in [1.54, 1.807) is 0 Å². The molecule has 1 aliphatic rings. The summed E-state index contributed by atoms with van der Waals surface area (Å²) in [5.41, 5.74) is 2.61. The van der Waals surface area contributed by atoms with Crippen LogP contribution in [-0.2, 0) is 19.4 Å². The molecule has 0 aromatic heterocycles. The van der Waals surface area contributed by atoms with E-state index in [2.05, 4.69) is 10.6 Å². The smallest absolute Gasteiger partial charge is 0.313 e. The molecule has 0 bridgehead atoms. The van der Waals surface area contributed by atoms with Crippen molar-refractivity contribution >= 4 is 27.3 Å². The molecule has 1 aromatic carbocycles. The minimum Gasteiger partial charge on any atom is -0.344 e. The summed E-state index contributed by atoms with van der Waals surface area (Å²) in [5.74, 6) is -1.23. The Morgan fingerprint density at radius 1 is 1.04 bits per heavy atom. The molecule has 2 amide bonds. The summed E-state index contributed by atoms with van der Waals surface area (Å²) in [6.07, 6.45) is 0.348. The lowest BCUT2D eigenvalue weighted by molar-refractivity contribution is -0.136. The van der Waals surface area contributed by atoms with Crippen molar-refractivity contribution in [3.8, 4) is 0 Å². The molecule has 1 aliphatic heterocycles. The van der Waals surface area contributed by atoms with Crippen molar-refractivity contribution in [2.75, 3.05) is 16.8 Å². The molecule has 1 atom stereocenters. The molecular weight excluding hydrogens is 340 g/mol. The molecule has 0 saturated carbocycles. The van der Waals surface area contributed by atoms with Crippen LogP contribution in [0, 0.1) is 0 Å². The highest BCUT2D eigenvalue weighted by molar-refractivity contribution is 7.91. The lowest BCUT2D eigenvalue weighted by Gasteiger charge is -2.20. The second-order valence-corrected chi connectivity index (χ2v) is 9.38. The van der Waals surface area contributed by atoms with Crippen LogP contribution in [0.3, 0.4) is 0 Å². The van der Waals surface area contributed by atoms with E-state index in [1.165, 1.54) is 0 Å². The average molecular weight is 366 g/mol. The third-order valence-electron chi connectivity index (χ3n) is 4.39. The van der Waals surface area contributed by atoms with Crippen molar-refractivity contribution in [1.82, 2.24) is 5.32 Å². The minimum atomic E-state index is -3.11. The first-order valence-electron chi connectivity index (χ1n) is 8.55. The summed E-state index contributed by atoms with van der Waals surface area (Å²) in [5, 5.41) is 5.26. The first kappa shape index (κ1) is 19.4. The topological polar surface area (TPSA) is 92.3 Å². The summed E-state index contributed by atoms with van der Waals surface area (Å²) < 4.78 is 22.9. The Balaban J connectivity index is 2.15. The van der Waals surface area contributed by atoms with Crippen LogP contribution in [0.2, 0.25) is 0 Å². The van der Waals surface area contributed by atoms with Gasteiger partial charge in [0, 0.05) is 11.7 Å². The molecule has 1 fully saturated rings. The molecule has 1 heterocycles. The highest BCUT2D eigenvalue weighted by Gasteiger charge is 2.30. The van der Waals surface area contributed by atoms with Gasteiger partial charge >= 0.3 is 11.8 Å². The fourth-order valence-electron chi connectivity index (χ4n) is 3.03. The molecule has 138 valence electrons. The Kier molecular flexibility index (Phi) is 5.87. The fourth-order valence-corrected chi connectivity index (χ4v) is 4.70. The first-order chi connectivity index (χ1) is 11.6. The van der Waals surface area contributed by atoms with Gasteiger partial charge in [0.15, 0.2) is 9.84 Å². The number of carbonyl (C=O) groups is 2. The zero-order valence-electron chi connectivity index (χ0n) is 15.1. The highest BCUT2D eigenvalue weighted by atomic mass is 32.2. The van der Waals surface area contributed by atoms with Crippen LogP contribution < -0.4 is 10.6 Å². The Bertz CT molecular complexity index is 743. The SMILES string of the molecule is CC(C)c1cccc(C(C)C)c1NC(=O)C(=O)NC1CCS(=O)(=O)C1. The number of carbonyl (C=O) groups excluding carboxylic acids is 2. The molecule has 0 spiro atoms. The predicted molar refractivity (Wildman–Crippen MR) is 98.5 cm³/mol. The van der Waals surface area contributed by atoms with E-state index in [0.717, 1.165) is 11.1 Å². The molecular formula is C18H26N2O4S. The van der Waals surface area contributed by atoms with Gasteiger partial charge in [0.1, 0.15) is 0 Å². The van der Waals surface area contributed by atoms with Gasteiger partial charge in [-0.15, -0.1) is 0 Å². The summed E-state index contributed by atoms with van der Waals surface area (Å²) in [6, 6.07) is 5.33. The molecule has 25 heavy (non-hydrogen) atoms. The molecule has 6 nitrogen and oxygen atoms in total. The van der Waals surface area contributed by atoms with Gasteiger partial charge in [0.2, 0.25) is 0 Å². The number of benzene rings is 1. The van der Waals surface area contributed by atoms with Crippen molar-refractivity contribution in [3.63, 3.8) is 0 Å². The van der Waals surface area contributed by atoms with Crippen molar-refractivity contribution < 1.29 is 18.0 Å². The fraction of sp³-hybridized carbons (Fsp3) is 0.556. The van der Waals surface area contributed by atoms with Gasteiger partial charge in [-0.3, -0.25) is 9.59 Å². The maximum atomic E-state index is 12.3. The number of para-hydroxylation sites is 1. The molecule has 1 saturated heterocycles. The first-order valence-corrected chi connectivity index (χ1v) is 10.4. The zero-order chi connectivity index (χ0) is 18.8. The maximum Gasteiger partial charge on any atom is 0.313 e. The molecule has 7 heteroatoms. The maximum absolute atomic E-state index is 12.3. The molecule has 1 unspecified atom stereocenters. The summed E-state index contributed by atoms with van der Waals surface area (Å²) in [6.45, 7) is 8.11. The number of anilines is 1. The van der Waals surface area contributed by atoms with Crippen LogP contribution in [0.15, 0.2) is 18.2 Å². The highest BCUT2D eigenvalue weighted by Crippen LogP contribution is 2.32. The van der Waals surface area contributed by atoms with E-state index in [-0.39, 0.29) is 23.3 Å². The molecule has 0 aliphatic carbocycles. The van der Waals surface area contributed by atoms with Gasteiger partial charge in [0.05, 0.1) is 11.5 Å². The normalized spacial score (nSPS) is 19.2. The lowest BCUT2D eigenvalue weighted by Crippen LogP contribution is -2.42. The number of sulfone groups is 1. The molecule has 2 N–H and O–H groups in total. The van der Waals surface area contributed by atoms with E-state index in [4.69, 9.17) is 0 Å². The van der Waals surface area contributed by atoms with E-state index >= 15 is 0 Å². The van der Waals surface area contributed by atoms with Crippen molar-refractivity contribution in [1.29, 1.82) is 0 Å². The van der Waals surface area contributed by atoms with Crippen LogP contribution in [0.4, 0.5) is 5.69 Å². The Hall–Kier alpha value is -1.89. The number of hydrogen-bond acceptors (Lipinski definition) is 4. The third kappa shape index (κ3) is 4.81. The van der Waals surface area contributed by atoms with Gasteiger partial charge in [-0.25, -0.2) is 8.42 Å². The number of rotatable bonds is 4.